The zero-order valence-corrected chi connectivity index (χ0v) is 29.8. The van der Waals surface area contributed by atoms with Crippen molar-refractivity contribution in [2.45, 2.75) is 0 Å². The van der Waals surface area contributed by atoms with E-state index in [1.54, 1.807) is 0 Å². The Hall–Kier alpha value is -7.50. The first-order chi connectivity index (χ1) is 27.3. The van der Waals surface area contributed by atoms with Crippen LogP contribution in [0.1, 0.15) is 0 Å². The van der Waals surface area contributed by atoms with E-state index in [2.05, 4.69) is 201 Å². The molecule has 260 valence electrons. The van der Waals surface area contributed by atoms with Crippen molar-refractivity contribution in [3.63, 3.8) is 0 Å². The molecule has 2 heterocycles. The molecule has 10 aromatic rings. The molecule has 0 saturated carbocycles. The van der Waals surface area contributed by atoms with Crippen molar-refractivity contribution in [2.24, 2.45) is 0 Å². The molecule has 0 radical (unpaired) electrons. The first-order valence-corrected chi connectivity index (χ1v) is 18.4. The van der Waals surface area contributed by atoms with Gasteiger partial charge in [-0.25, -0.2) is 0 Å². The van der Waals surface area contributed by atoms with Crippen LogP contribution in [0.2, 0.25) is 0 Å². The van der Waals surface area contributed by atoms with Gasteiger partial charge in [-0.2, -0.15) is 0 Å². The quantitative estimate of drug-likeness (QED) is 0.114. The van der Waals surface area contributed by atoms with Crippen LogP contribution >= 0.6 is 0 Å². The fraction of sp³-hybridized carbons (Fsp3) is 0. The van der Waals surface area contributed by atoms with E-state index >= 15 is 0 Å². The number of hydrogen-bond acceptors (Lipinski definition) is 1. The highest BCUT2D eigenvalue weighted by molar-refractivity contribution is 5.78. The van der Waals surface area contributed by atoms with Crippen LogP contribution in [-0.2, 0) is 0 Å². The summed E-state index contributed by atoms with van der Waals surface area (Å²) in [6.45, 7) is 0. The van der Waals surface area contributed by atoms with Crippen LogP contribution in [0.4, 0.5) is 0 Å². The fourth-order valence-corrected chi connectivity index (χ4v) is 7.43. The molecule has 0 atom stereocenters. The van der Waals surface area contributed by atoms with Crippen LogP contribution in [0.3, 0.4) is 0 Å². The molecule has 0 bridgehead atoms. The van der Waals surface area contributed by atoms with Crippen LogP contribution in [-0.4, -0.2) is 9.13 Å². The molecule has 0 amide bonds. The summed E-state index contributed by atoms with van der Waals surface area (Å²) in [6, 6.07) is 71.1. The van der Waals surface area contributed by atoms with Gasteiger partial charge < -0.3 is 4.74 Å². The van der Waals surface area contributed by atoms with Crippen LogP contribution in [0.5, 0.6) is 11.5 Å². The van der Waals surface area contributed by atoms with Crippen LogP contribution in [0.25, 0.3) is 67.1 Å². The minimum atomic E-state index is 0.727. The number of para-hydroxylation sites is 6. The van der Waals surface area contributed by atoms with Gasteiger partial charge in [0.15, 0.2) is 0 Å². The Morgan fingerprint density at radius 2 is 0.764 bits per heavy atom. The molecule has 0 N–H and O–H groups in total. The lowest BCUT2D eigenvalue weighted by atomic mass is 10.0. The number of imidazole rings is 2. The zero-order chi connectivity index (χ0) is 36.6. The molecule has 0 unspecified atom stereocenters. The van der Waals surface area contributed by atoms with Gasteiger partial charge in [-0.15, -0.1) is 0 Å². The largest absolute Gasteiger partial charge is 0.458 e. The summed E-state index contributed by atoms with van der Waals surface area (Å²) < 4.78 is 15.1. The first kappa shape index (κ1) is 32.2. The third kappa shape index (κ3) is 5.94. The highest BCUT2D eigenvalue weighted by Crippen LogP contribution is 2.31. The molecule has 55 heavy (non-hydrogen) atoms. The molecule has 0 aliphatic carbocycles. The van der Waals surface area contributed by atoms with E-state index in [9.17, 15) is 0 Å². The molecule has 10 rings (SSSR count). The number of benzene rings is 8. The summed E-state index contributed by atoms with van der Waals surface area (Å²) in [5.41, 5.74) is 12.8. The Morgan fingerprint density at radius 1 is 0.364 bits per heavy atom. The average molecular weight is 707 g/mol. The lowest BCUT2D eigenvalue weighted by Gasteiger charge is -2.11. The van der Waals surface area contributed by atoms with Crippen molar-refractivity contribution in [2.75, 3.05) is 0 Å². The maximum absolute atomic E-state index is 6.60. The molecule has 0 spiro atoms. The maximum Gasteiger partial charge on any atom is 0.269 e. The number of rotatable bonds is 8. The van der Waals surface area contributed by atoms with Gasteiger partial charge in [0.2, 0.25) is 0 Å². The van der Waals surface area contributed by atoms with E-state index in [0.717, 1.165) is 78.6 Å². The predicted octanol–water partition coefficient (Wildman–Crippen LogP) is 10.9. The Morgan fingerprint density at radius 3 is 1.24 bits per heavy atom. The molecule has 0 aliphatic heterocycles. The monoisotopic (exact) mass is 706 g/mol. The van der Waals surface area contributed by atoms with Gasteiger partial charge in [0, 0.05) is 0 Å². The normalized spacial score (nSPS) is 11.3. The Kier molecular flexibility index (Phi) is 8.08. The molecule has 5 heteroatoms. The Bertz CT molecular complexity index is 2760. The van der Waals surface area contributed by atoms with E-state index in [-0.39, 0.29) is 0 Å². The lowest BCUT2D eigenvalue weighted by Crippen LogP contribution is -2.30. The van der Waals surface area contributed by atoms with Crippen LogP contribution < -0.4 is 13.9 Å². The van der Waals surface area contributed by atoms with E-state index in [0.29, 0.717) is 0 Å². The third-order valence-electron chi connectivity index (χ3n) is 9.97. The number of aromatic nitrogens is 4. The molecular weight excluding hydrogens is 673 g/mol. The molecule has 2 aromatic heterocycles. The summed E-state index contributed by atoms with van der Waals surface area (Å²) in [6.07, 6.45) is 7.34. The highest BCUT2D eigenvalue weighted by atomic mass is 16.5. The van der Waals surface area contributed by atoms with Crippen molar-refractivity contribution in [3.8, 4) is 56.5 Å². The topological polar surface area (TPSA) is 26.8 Å². The van der Waals surface area contributed by atoms with Crippen molar-refractivity contribution in [1.29, 1.82) is 0 Å². The standard InChI is InChI=1S/C50H34N4O/c1-3-17-37(18-4-1)43-25-7-9-27-45(43)53-35-51(47-29-11-13-31-49(47)53)39-21-15-23-41(33-39)55-42-24-16-22-40(34-42)52-36-54(50-32-14-12-30-48(50)52)46-28-10-8-26-44(46)38-19-5-2-6-20-38/h1-34H. The second-order valence-corrected chi connectivity index (χ2v) is 13.4. The van der Waals surface area contributed by atoms with E-state index < -0.39 is 0 Å². The predicted molar refractivity (Wildman–Crippen MR) is 218 cm³/mol. The Labute approximate surface area is 319 Å². The van der Waals surface area contributed by atoms with Gasteiger partial charge in [0.05, 0.1) is 44.8 Å². The third-order valence-corrected chi connectivity index (χ3v) is 9.97. The van der Waals surface area contributed by atoms with Crippen LogP contribution in [0, 0.1) is 12.7 Å². The molecule has 5 nitrogen and oxygen atoms in total. The molecule has 0 saturated heterocycles. The number of hydrogen-bond donors (Lipinski definition) is 0. The second-order valence-electron chi connectivity index (χ2n) is 13.4. The minimum Gasteiger partial charge on any atom is -0.458 e. The Balaban J connectivity index is 1.01. The number of nitrogens with zero attached hydrogens (tertiary/aromatic N) is 4. The lowest BCUT2D eigenvalue weighted by molar-refractivity contribution is -0.572. The summed E-state index contributed by atoms with van der Waals surface area (Å²) in [5.74, 6) is 1.45. The summed E-state index contributed by atoms with van der Waals surface area (Å²) in [5, 5.41) is 0. The van der Waals surface area contributed by atoms with Gasteiger partial charge in [-0.1, -0.05) is 158 Å². The van der Waals surface area contributed by atoms with Gasteiger partial charge in [-0.05, 0) is 70.8 Å². The van der Waals surface area contributed by atoms with Gasteiger partial charge in [0.1, 0.15) is 11.5 Å². The molecule has 0 aliphatic rings. The van der Waals surface area contributed by atoms with E-state index in [1.807, 2.05) is 36.4 Å². The second kappa shape index (κ2) is 13.8. The van der Waals surface area contributed by atoms with Gasteiger partial charge in [-0.3, -0.25) is 18.3 Å². The smallest absolute Gasteiger partial charge is 0.269 e. The van der Waals surface area contributed by atoms with Crippen molar-refractivity contribution >= 4 is 22.1 Å². The maximum atomic E-state index is 6.60. The molecule has 8 aromatic carbocycles. The summed E-state index contributed by atoms with van der Waals surface area (Å²) in [4.78, 5) is 0. The number of ether oxygens (including phenoxy) is 1. The number of fused-ring (bicyclic) bond motifs is 2. The summed E-state index contributed by atoms with van der Waals surface area (Å²) in [7, 11) is 0. The molecular formula is C50H34N4O. The first-order valence-electron chi connectivity index (χ1n) is 18.4. The molecule has 0 fully saturated rings. The highest BCUT2D eigenvalue weighted by Gasteiger charge is 2.17. The fourth-order valence-electron chi connectivity index (χ4n) is 7.43. The average Bonchev–Trinajstić information content (AvgIpc) is 3.84. The van der Waals surface area contributed by atoms with Gasteiger partial charge >= 0.3 is 0 Å². The minimum absolute atomic E-state index is 0.727. The summed E-state index contributed by atoms with van der Waals surface area (Å²) >= 11 is 0. The zero-order valence-electron chi connectivity index (χ0n) is 29.8. The van der Waals surface area contributed by atoms with E-state index in [4.69, 9.17) is 4.74 Å². The van der Waals surface area contributed by atoms with Crippen LogP contribution in [0.15, 0.2) is 206 Å². The van der Waals surface area contributed by atoms with E-state index in [1.165, 1.54) is 0 Å². The van der Waals surface area contributed by atoms with Crippen molar-refractivity contribution in [1.82, 2.24) is 9.13 Å². The SMILES string of the molecule is [c-]1n(-c2cccc(Oc3cccc(-n4[c-][n+](-c5ccccc5-c5ccccc5)c5ccccc54)c3)c2)c2ccccc2[n+]1-c1ccccc1-c1ccccc1. The van der Waals surface area contributed by atoms with Crippen molar-refractivity contribution < 1.29 is 13.9 Å². The van der Waals surface area contributed by atoms with Crippen molar-refractivity contribution in [3.05, 3.63) is 219 Å². The van der Waals surface area contributed by atoms with Gasteiger partial charge in [0.25, 0.3) is 12.7 Å².